The van der Waals surface area contributed by atoms with Crippen molar-refractivity contribution in [1.29, 1.82) is 0 Å². The van der Waals surface area contributed by atoms with Crippen LogP contribution in [-0.2, 0) is 4.84 Å². The van der Waals surface area contributed by atoms with E-state index in [0.717, 1.165) is 10.6 Å². The summed E-state index contributed by atoms with van der Waals surface area (Å²) in [6.45, 7) is 3.89. The lowest BCUT2D eigenvalue weighted by atomic mass is 10.1. The van der Waals surface area contributed by atoms with E-state index in [4.69, 9.17) is 9.94 Å². The predicted octanol–water partition coefficient (Wildman–Crippen LogP) is 2.68. The number of hydrogen-bond donors (Lipinski definition) is 1. The van der Waals surface area contributed by atoms with E-state index in [2.05, 4.69) is 0 Å². The Kier molecular flexibility index (Phi) is 4.12. The van der Waals surface area contributed by atoms with E-state index in [1.807, 2.05) is 30.3 Å². The summed E-state index contributed by atoms with van der Waals surface area (Å²) in [4.78, 5) is 16.0. The van der Waals surface area contributed by atoms with Crippen molar-refractivity contribution in [3.05, 3.63) is 35.9 Å². The van der Waals surface area contributed by atoms with Crippen molar-refractivity contribution in [1.82, 2.24) is 5.06 Å². The minimum absolute atomic E-state index is 0.302. The van der Waals surface area contributed by atoms with E-state index in [-0.39, 0.29) is 6.04 Å². The van der Waals surface area contributed by atoms with E-state index >= 15 is 0 Å². The molecule has 0 aliphatic rings. The van der Waals surface area contributed by atoms with E-state index < -0.39 is 6.09 Å². The number of hydrogen-bond acceptors (Lipinski definition) is 2. The minimum Gasteiger partial charge on any atom is -0.463 e. The van der Waals surface area contributed by atoms with Crippen molar-refractivity contribution in [2.45, 2.75) is 19.9 Å². The molecule has 15 heavy (non-hydrogen) atoms. The molecule has 0 heterocycles. The van der Waals surface area contributed by atoms with Crippen LogP contribution in [-0.4, -0.2) is 22.9 Å². The Labute approximate surface area is 89.0 Å². The third-order valence-electron chi connectivity index (χ3n) is 2.09. The second-order valence-electron chi connectivity index (χ2n) is 3.11. The molecule has 1 N–H and O–H groups in total. The van der Waals surface area contributed by atoms with Crippen LogP contribution in [0.15, 0.2) is 30.3 Å². The quantitative estimate of drug-likeness (QED) is 0.775. The molecule has 1 aromatic rings. The first-order valence-electron chi connectivity index (χ1n) is 4.86. The van der Waals surface area contributed by atoms with E-state index in [0.29, 0.717) is 6.61 Å². The van der Waals surface area contributed by atoms with Crippen molar-refractivity contribution < 1.29 is 14.7 Å². The summed E-state index contributed by atoms with van der Waals surface area (Å²) in [5, 5.41) is 9.90. The molecular formula is C11H15NO3. The fraction of sp³-hybridized carbons (Fsp3) is 0.364. The van der Waals surface area contributed by atoms with Gasteiger partial charge >= 0.3 is 6.09 Å². The summed E-state index contributed by atoms with van der Waals surface area (Å²) in [5.41, 5.74) is 0.911. The van der Waals surface area contributed by atoms with Gasteiger partial charge in [0.1, 0.15) is 0 Å². The molecule has 0 bridgehead atoms. The van der Waals surface area contributed by atoms with Gasteiger partial charge in [-0.15, -0.1) is 0 Å². The van der Waals surface area contributed by atoms with Gasteiger partial charge in [-0.05, 0) is 19.4 Å². The maximum atomic E-state index is 10.9. The molecule has 1 atom stereocenters. The fourth-order valence-electron chi connectivity index (χ4n) is 1.34. The maximum absolute atomic E-state index is 10.9. The Balaban J connectivity index is 2.81. The molecule has 0 aliphatic carbocycles. The average Bonchev–Trinajstić information content (AvgIpc) is 2.26. The molecule has 1 amide bonds. The van der Waals surface area contributed by atoms with Crippen LogP contribution >= 0.6 is 0 Å². The van der Waals surface area contributed by atoms with Crippen molar-refractivity contribution >= 4 is 6.09 Å². The molecule has 4 heteroatoms. The molecule has 1 aromatic carbocycles. The second kappa shape index (κ2) is 5.36. The first kappa shape index (κ1) is 11.5. The summed E-state index contributed by atoms with van der Waals surface area (Å²) in [7, 11) is 0. The number of carbonyl (C=O) groups is 1. The molecule has 0 aromatic heterocycles. The predicted molar refractivity (Wildman–Crippen MR) is 56.3 cm³/mol. The SMILES string of the molecule is CCON(C(=O)O)C(C)c1ccccc1. The third kappa shape index (κ3) is 2.95. The lowest BCUT2D eigenvalue weighted by molar-refractivity contribution is -0.150. The van der Waals surface area contributed by atoms with E-state index in [9.17, 15) is 4.79 Å². The van der Waals surface area contributed by atoms with Gasteiger partial charge in [0, 0.05) is 0 Å². The van der Waals surface area contributed by atoms with Crippen LogP contribution in [0.4, 0.5) is 4.79 Å². The largest absolute Gasteiger partial charge is 0.463 e. The average molecular weight is 209 g/mol. The van der Waals surface area contributed by atoms with Crippen LogP contribution in [0, 0.1) is 0 Å². The summed E-state index contributed by atoms with van der Waals surface area (Å²) in [6, 6.07) is 9.08. The third-order valence-corrected chi connectivity index (χ3v) is 2.09. The van der Waals surface area contributed by atoms with Crippen LogP contribution in [0.3, 0.4) is 0 Å². The highest BCUT2D eigenvalue weighted by Gasteiger charge is 2.21. The van der Waals surface area contributed by atoms with E-state index in [1.54, 1.807) is 13.8 Å². The number of benzene rings is 1. The molecule has 0 saturated carbocycles. The molecule has 0 saturated heterocycles. The van der Waals surface area contributed by atoms with Gasteiger partial charge in [0.25, 0.3) is 0 Å². The lowest BCUT2D eigenvalue weighted by Crippen LogP contribution is -2.32. The second-order valence-corrected chi connectivity index (χ2v) is 3.11. The smallest absolute Gasteiger partial charge is 0.432 e. The summed E-state index contributed by atoms with van der Waals surface area (Å²) >= 11 is 0. The molecule has 1 rings (SSSR count). The summed E-state index contributed by atoms with van der Waals surface area (Å²) in [6.07, 6.45) is -1.08. The highest BCUT2D eigenvalue weighted by Crippen LogP contribution is 2.19. The highest BCUT2D eigenvalue weighted by atomic mass is 16.7. The zero-order chi connectivity index (χ0) is 11.3. The van der Waals surface area contributed by atoms with Gasteiger partial charge in [-0.2, -0.15) is 5.06 Å². The zero-order valence-electron chi connectivity index (χ0n) is 8.88. The van der Waals surface area contributed by atoms with Gasteiger partial charge in [-0.25, -0.2) is 4.79 Å². The number of hydroxylamine groups is 2. The monoisotopic (exact) mass is 209 g/mol. The molecule has 1 unspecified atom stereocenters. The van der Waals surface area contributed by atoms with Crippen LogP contribution in [0.25, 0.3) is 0 Å². The van der Waals surface area contributed by atoms with Gasteiger partial charge in [-0.3, -0.25) is 4.84 Å². The van der Waals surface area contributed by atoms with Gasteiger partial charge in [0.15, 0.2) is 0 Å². The number of nitrogens with zero attached hydrogens (tertiary/aromatic N) is 1. The van der Waals surface area contributed by atoms with Crippen molar-refractivity contribution in [3.8, 4) is 0 Å². The number of rotatable bonds is 4. The Hall–Kier alpha value is -1.55. The van der Waals surface area contributed by atoms with Gasteiger partial charge in [0.2, 0.25) is 0 Å². The molecule has 82 valence electrons. The van der Waals surface area contributed by atoms with Crippen LogP contribution < -0.4 is 0 Å². The fourth-order valence-corrected chi connectivity index (χ4v) is 1.34. The first-order chi connectivity index (χ1) is 7.16. The Morgan fingerprint density at radius 1 is 1.47 bits per heavy atom. The normalized spacial score (nSPS) is 12.1. The van der Waals surface area contributed by atoms with Crippen molar-refractivity contribution in [2.24, 2.45) is 0 Å². The maximum Gasteiger partial charge on any atom is 0.432 e. The highest BCUT2D eigenvalue weighted by molar-refractivity contribution is 5.64. The summed E-state index contributed by atoms with van der Waals surface area (Å²) < 4.78 is 0. The van der Waals surface area contributed by atoms with Gasteiger partial charge < -0.3 is 5.11 Å². The first-order valence-corrected chi connectivity index (χ1v) is 4.86. The lowest BCUT2D eigenvalue weighted by Gasteiger charge is -2.24. The Morgan fingerprint density at radius 2 is 2.07 bits per heavy atom. The van der Waals surface area contributed by atoms with Crippen molar-refractivity contribution in [2.75, 3.05) is 6.61 Å². The van der Waals surface area contributed by atoms with Crippen molar-refractivity contribution in [3.63, 3.8) is 0 Å². The molecule has 0 fully saturated rings. The van der Waals surface area contributed by atoms with Gasteiger partial charge in [0.05, 0.1) is 12.6 Å². The minimum atomic E-state index is -1.08. The van der Waals surface area contributed by atoms with Gasteiger partial charge in [-0.1, -0.05) is 30.3 Å². The molecular weight excluding hydrogens is 194 g/mol. The summed E-state index contributed by atoms with van der Waals surface area (Å²) in [5.74, 6) is 0. The Bertz CT molecular complexity index is 313. The molecule has 0 radical (unpaired) electrons. The van der Waals surface area contributed by atoms with Crippen LogP contribution in [0.5, 0.6) is 0 Å². The Morgan fingerprint density at radius 3 is 2.53 bits per heavy atom. The topological polar surface area (TPSA) is 49.8 Å². The number of amides is 1. The number of carboxylic acid groups (broad SMARTS) is 1. The molecule has 0 spiro atoms. The molecule has 0 aliphatic heterocycles. The van der Waals surface area contributed by atoms with Crippen LogP contribution in [0.2, 0.25) is 0 Å². The van der Waals surface area contributed by atoms with Crippen LogP contribution in [0.1, 0.15) is 25.5 Å². The standard InChI is InChI=1S/C11H15NO3/c1-3-15-12(11(13)14)9(2)10-7-5-4-6-8-10/h4-9H,3H2,1-2H3,(H,13,14). The molecule has 4 nitrogen and oxygen atoms in total. The van der Waals surface area contributed by atoms with E-state index in [1.165, 1.54) is 0 Å². The zero-order valence-corrected chi connectivity index (χ0v) is 8.88.